The van der Waals surface area contributed by atoms with E-state index in [0.717, 1.165) is 37.0 Å². The van der Waals surface area contributed by atoms with Gasteiger partial charge in [0.2, 0.25) is 0 Å². The predicted molar refractivity (Wildman–Crippen MR) is 151 cm³/mol. The molecule has 0 bridgehead atoms. The highest BCUT2D eigenvalue weighted by molar-refractivity contribution is 9.10. The number of carbonyl (C=O) groups is 1. The third-order valence-corrected chi connectivity index (χ3v) is 8.12. The van der Waals surface area contributed by atoms with Gasteiger partial charge in [-0.05, 0) is 74.9 Å². The first-order chi connectivity index (χ1) is 17.7. The van der Waals surface area contributed by atoms with E-state index < -0.39 is 22.5 Å². The zero-order valence-corrected chi connectivity index (χ0v) is 23.1. The molecule has 0 aliphatic heterocycles. The van der Waals surface area contributed by atoms with Crippen molar-refractivity contribution < 1.29 is 13.2 Å². The van der Waals surface area contributed by atoms with Gasteiger partial charge in [0.05, 0.1) is 16.8 Å². The first-order valence-corrected chi connectivity index (χ1v) is 13.8. The number of aryl methyl sites for hydroxylation is 2. The number of benzene rings is 3. The molecule has 1 aromatic heterocycles. The fraction of sp³-hybridized carbons (Fsp3) is 0.143. The first-order valence-electron chi connectivity index (χ1n) is 11.6. The molecule has 0 unspecified atom stereocenters. The van der Waals surface area contributed by atoms with Gasteiger partial charge in [-0.3, -0.25) is 9.10 Å². The van der Waals surface area contributed by atoms with Crippen LogP contribution >= 0.6 is 15.9 Å². The Hall–Kier alpha value is -3.69. The monoisotopic (exact) mass is 578 g/mol. The lowest BCUT2D eigenvalue weighted by Crippen LogP contribution is -2.39. The van der Waals surface area contributed by atoms with Crippen molar-refractivity contribution in [3.63, 3.8) is 0 Å². The smallest absolute Gasteiger partial charge is 0.264 e. The number of nitrogens with zero attached hydrogens (tertiary/aromatic N) is 3. The van der Waals surface area contributed by atoms with Crippen molar-refractivity contribution >= 4 is 43.8 Å². The Bertz CT molecular complexity index is 1560. The number of hydrazone groups is 1. The maximum Gasteiger partial charge on any atom is 0.264 e. The first kappa shape index (κ1) is 26.4. The highest BCUT2D eigenvalue weighted by atomic mass is 79.9. The average molecular weight is 580 g/mol. The van der Waals surface area contributed by atoms with Gasteiger partial charge in [-0.2, -0.15) is 5.10 Å². The van der Waals surface area contributed by atoms with Crippen LogP contribution < -0.4 is 9.73 Å². The van der Waals surface area contributed by atoms with Gasteiger partial charge >= 0.3 is 0 Å². The molecule has 0 atom stereocenters. The lowest BCUT2D eigenvalue weighted by atomic mass is 10.2. The molecule has 0 fully saturated rings. The van der Waals surface area contributed by atoms with E-state index in [0.29, 0.717) is 5.69 Å². The van der Waals surface area contributed by atoms with E-state index in [2.05, 4.69) is 31.0 Å². The molecule has 9 heteroatoms. The Balaban J connectivity index is 1.55. The van der Waals surface area contributed by atoms with E-state index in [4.69, 9.17) is 0 Å². The molecule has 0 aliphatic carbocycles. The van der Waals surface area contributed by atoms with Crippen LogP contribution in [0.25, 0.3) is 5.69 Å². The summed E-state index contributed by atoms with van der Waals surface area (Å²) in [5, 5.41) is 4.12. The van der Waals surface area contributed by atoms with Crippen molar-refractivity contribution in [2.45, 2.75) is 25.7 Å². The van der Waals surface area contributed by atoms with Gasteiger partial charge in [0.15, 0.2) is 0 Å². The standard InChI is InChI=1S/C28H27BrN4O3S/c1-20-9-7-11-25(15-20)32(37(35,36)27-13-5-4-6-14-27)19-28(34)31-30-18-23-16-21(2)33(22(23)3)26-12-8-10-24(29)17-26/h4-18H,19H2,1-3H3,(H,31,34)/b30-18-. The second kappa shape index (κ2) is 11.1. The highest BCUT2D eigenvalue weighted by Gasteiger charge is 2.27. The summed E-state index contributed by atoms with van der Waals surface area (Å²) in [5.74, 6) is -0.557. The molecule has 0 saturated heterocycles. The van der Waals surface area contributed by atoms with Crippen molar-refractivity contribution in [1.29, 1.82) is 0 Å². The Labute approximate surface area is 225 Å². The van der Waals surface area contributed by atoms with Crippen molar-refractivity contribution in [3.8, 4) is 5.69 Å². The summed E-state index contributed by atoms with van der Waals surface area (Å²) in [6, 6.07) is 25.0. The van der Waals surface area contributed by atoms with Crippen LogP contribution in [0.15, 0.2) is 99.4 Å². The van der Waals surface area contributed by atoms with Crippen molar-refractivity contribution in [2.75, 3.05) is 10.8 Å². The lowest BCUT2D eigenvalue weighted by Gasteiger charge is -2.24. The number of aromatic nitrogens is 1. The second-order valence-corrected chi connectivity index (χ2v) is 11.4. The summed E-state index contributed by atoms with van der Waals surface area (Å²) in [5.41, 5.74) is 7.59. The number of amides is 1. The molecule has 0 aliphatic rings. The molecule has 7 nitrogen and oxygen atoms in total. The molecule has 0 radical (unpaired) electrons. The van der Waals surface area contributed by atoms with E-state index in [1.165, 1.54) is 12.1 Å². The van der Waals surface area contributed by atoms with Gasteiger partial charge in [0, 0.05) is 27.1 Å². The number of halogens is 1. The van der Waals surface area contributed by atoms with Gasteiger partial charge in [0.25, 0.3) is 15.9 Å². The Kier molecular flexibility index (Phi) is 7.94. The summed E-state index contributed by atoms with van der Waals surface area (Å²) in [6.07, 6.45) is 1.57. The third-order valence-electron chi connectivity index (χ3n) is 5.84. The minimum Gasteiger partial charge on any atom is -0.318 e. The van der Waals surface area contributed by atoms with Gasteiger partial charge in [-0.15, -0.1) is 0 Å². The molecule has 0 spiro atoms. The highest BCUT2D eigenvalue weighted by Crippen LogP contribution is 2.25. The van der Waals surface area contributed by atoms with Gasteiger partial charge in [-0.25, -0.2) is 13.8 Å². The normalized spacial score (nSPS) is 11.6. The largest absolute Gasteiger partial charge is 0.318 e. The molecule has 37 heavy (non-hydrogen) atoms. The summed E-state index contributed by atoms with van der Waals surface area (Å²) in [6.45, 7) is 5.42. The molecule has 3 aromatic carbocycles. The second-order valence-electron chi connectivity index (χ2n) is 8.60. The topological polar surface area (TPSA) is 83.8 Å². The lowest BCUT2D eigenvalue weighted by molar-refractivity contribution is -0.119. The fourth-order valence-corrected chi connectivity index (χ4v) is 5.91. The minimum atomic E-state index is -3.97. The summed E-state index contributed by atoms with van der Waals surface area (Å²) < 4.78 is 31.0. The quantitative estimate of drug-likeness (QED) is 0.221. The van der Waals surface area contributed by atoms with Crippen LogP contribution in [0.4, 0.5) is 5.69 Å². The SMILES string of the molecule is Cc1cccc(N(CC(=O)N/N=C\c2cc(C)n(-c3cccc(Br)c3)c2C)S(=O)(=O)c2ccccc2)c1. The number of anilines is 1. The van der Waals surface area contributed by atoms with E-state index in [-0.39, 0.29) is 4.90 Å². The molecule has 0 saturated carbocycles. The maximum absolute atomic E-state index is 13.4. The van der Waals surface area contributed by atoms with Crippen molar-refractivity contribution in [3.05, 3.63) is 112 Å². The molecular formula is C28H27BrN4O3S. The number of hydrogen-bond acceptors (Lipinski definition) is 4. The van der Waals surface area contributed by atoms with Crippen LogP contribution in [0.2, 0.25) is 0 Å². The molecule has 4 aromatic rings. The number of nitrogens with one attached hydrogen (secondary N) is 1. The van der Waals surface area contributed by atoms with Crippen LogP contribution in [-0.2, 0) is 14.8 Å². The summed E-state index contributed by atoms with van der Waals surface area (Å²) >= 11 is 3.51. The summed E-state index contributed by atoms with van der Waals surface area (Å²) in [7, 11) is -3.97. The molecule has 4 rings (SSSR count). The van der Waals surface area contributed by atoms with Crippen molar-refractivity contribution in [1.82, 2.24) is 9.99 Å². The van der Waals surface area contributed by atoms with Crippen LogP contribution in [0.5, 0.6) is 0 Å². The molecule has 190 valence electrons. The Morgan fingerprint density at radius 3 is 2.41 bits per heavy atom. The van der Waals surface area contributed by atoms with Crippen LogP contribution in [0.3, 0.4) is 0 Å². The molecular weight excluding hydrogens is 552 g/mol. The average Bonchev–Trinajstić information content (AvgIpc) is 3.15. The molecule has 1 heterocycles. The third kappa shape index (κ3) is 6.00. The Morgan fingerprint density at radius 1 is 0.973 bits per heavy atom. The number of hydrogen-bond donors (Lipinski definition) is 1. The molecule has 1 amide bonds. The number of carbonyl (C=O) groups excluding carboxylic acids is 1. The van der Waals surface area contributed by atoms with E-state index in [9.17, 15) is 13.2 Å². The maximum atomic E-state index is 13.4. The van der Waals surface area contributed by atoms with E-state index in [1.54, 1.807) is 42.6 Å². The van der Waals surface area contributed by atoms with Gasteiger partial charge in [0.1, 0.15) is 6.54 Å². The van der Waals surface area contributed by atoms with Gasteiger partial charge in [-0.1, -0.05) is 52.3 Å². The number of rotatable bonds is 8. The predicted octanol–water partition coefficient (Wildman–Crippen LogP) is 5.51. The minimum absolute atomic E-state index is 0.104. The zero-order chi connectivity index (χ0) is 26.6. The zero-order valence-electron chi connectivity index (χ0n) is 20.7. The van der Waals surface area contributed by atoms with E-state index in [1.807, 2.05) is 57.2 Å². The van der Waals surface area contributed by atoms with Crippen molar-refractivity contribution in [2.24, 2.45) is 5.10 Å². The summed E-state index contributed by atoms with van der Waals surface area (Å²) in [4.78, 5) is 13.0. The number of sulfonamides is 1. The van der Waals surface area contributed by atoms with Gasteiger partial charge < -0.3 is 4.57 Å². The molecule has 1 N–H and O–H groups in total. The fourth-order valence-electron chi connectivity index (χ4n) is 4.09. The van der Waals surface area contributed by atoms with Crippen LogP contribution in [0, 0.1) is 20.8 Å². The van der Waals surface area contributed by atoms with E-state index >= 15 is 0 Å². The van der Waals surface area contributed by atoms with Crippen LogP contribution in [0.1, 0.15) is 22.5 Å². The van der Waals surface area contributed by atoms with Crippen LogP contribution in [-0.4, -0.2) is 31.7 Å². The Morgan fingerprint density at radius 2 is 1.70 bits per heavy atom.